The number of hydrogen-bond acceptors (Lipinski definition) is 2. The maximum absolute atomic E-state index is 12.5. The van der Waals surface area contributed by atoms with Crippen molar-refractivity contribution in [2.24, 2.45) is 0 Å². The van der Waals surface area contributed by atoms with E-state index >= 15 is 0 Å². The van der Waals surface area contributed by atoms with Gasteiger partial charge in [-0.15, -0.1) is 0 Å². The van der Waals surface area contributed by atoms with Gasteiger partial charge in [0.05, 0.1) is 17.4 Å². The van der Waals surface area contributed by atoms with Crippen LogP contribution in [-0.4, -0.2) is 30.3 Å². The molecule has 0 unspecified atom stereocenters. The van der Waals surface area contributed by atoms with Crippen LogP contribution in [0.5, 0.6) is 0 Å². The van der Waals surface area contributed by atoms with Crippen LogP contribution in [0.4, 0.5) is 13.2 Å². The second kappa shape index (κ2) is 6.08. The van der Waals surface area contributed by atoms with Gasteiger partial charge >= 0.3 is 12.1 Å². The maximum Gasteiger partial charge on any atom is 0.416 e. The van der Waals surface area contributed by atoms with Crippen LogP contribution < -0.4 is 0 Å². The highest BCUT2D eigenvalue weighted by Gasteiger charge is 2.33. The summed E-state index contributed by atoms with van der Waals surface area (Å²) in [5.41, 5.74) is -0.680. The van der Waals surface area contributed by atoms with Gasteiger partial charge in [-0.05, 0) is 55.5 Å². The Bertz CT molecular complexity index is 466. The molecular weight excluding hydrogens is 289 g/mol. The van der Waals surface area contributed by atoms with Gasteiger partial charge in [-0.1, -0.05) is 0 Å². The summed E-state index contributed by atoms with van der Waals surface area (Å²) >= 11 is 0. The van der Waals surface area contributed by atoms with Crippen LogP contribution in [0.3, 0.4) is 0 Å². The van der Waals surface area contributed by atoms with Gasteiger partial charge in [-0.25, -0.2) is 10.0 Å². The Morgan fingerprint density at radius 1 is 1.25 bits per heavy atom. The lowest BCUT2D eigenvalue weighted by atomic mass is 10.2. The number of benzene rings is 1. The molecule has 0 aliphatic heterocycles. The molecule has 0 aromatic heterocycles. The molecule has 1 aromatic rings. The van der Waals surface area contributed by atoms with E-state index in [1.807, 2.05) is 12.5 Å². The molecule has 0 fully saturated rings. The Labute approximate surface area is 118 Å². The molecule has 0 heterocycles. The van der Waals surface area contributed by atoms with Crippen molar-refractivity contribution in [2.75, 3.05) is 19.1 Å². The third-order valence-electron chi connectivity index (χ3n) is 3.29. The van der Waals surface area contributed by atoms with Crippen LogP contribution in [0.15, 0.2) is 29.2 Å². The fourth-order valence-corrected chi connectivity index (χ4v) is 3.49. The number of hydrogen-bond donors (Lipinski definition) is 0. The first-order chi connectivity index (χ1) is 9.10. The number of halogens is 3. The number of alkyl halides is 3. The van der Waals surface area contributed by atoms with Crippen molar-refractivity contribution in [1.29, 1.82) is 0 Å². The van der Waals surface area contributed by atoms with Crippen LogP contribution in [0.25, 0.3) is 0 Å². The first-order valence-electron chi connectivity index (χ1n) is 6.16. The van der Waals surface area contributed by atoms with Crippen molar-refractivity contribution in [3.8, 4) is 0 Å². The largest absolute Gasteiger partial charge is 0.465 e. The quantitative estimate of drug-likeness (QED) is 0.783. The summed E-state index contributed by atoms with van der Waals surface area (Å²) in [6.45, 7) is 3.78. The van der Waals surface area contributed by atoms with Gasteiger partial charge in [0.15, 0.2) is 0 Å². The Morgan fingerprint density at radius 3 is 2.15 bits per heavy atom. The molecule has 6 heteroatoms. The van der Waals surface area contributed by atoms with Gasteiger partial charge in [0, 0.05) is 0 Å². The SMILES string of the molecule is CCOC(=O)[C@@H](C)S(C)(C)c1ccc(C(F)(F)F)cc1. The summed E-state index contributed by atoms with van der Waals surface area (Å²) in [6.07, 6.45) is -0.543. The minimum atomic E-state index is -4.34. The summed E-state index contributed by atoms with van der Waals surface area (Å²) in [7, 11) is -1.56. The summed E-state index contributed by atoms with van der Waals surface area (Å²) < 4.78 is 42.6. The van der Waals surface area contributed by atoms with E-state index in [2.05, 4.69) is 0 Å². The lowest BCUT2D eigenvalue weighted by molar-refractivity contribution is -0.142. The van der Waals surface area contributed by atoms with Crippen molar-refractivity contribution in [1.82, 2.24) is 0 Å². The zero-order valence-electron chi connectivity index (χ0n) is 12.0. The van der Waals surface area contributed by atoms with E-state index < -0.39 is 21.8 Å². The third kappa shape index (κ3) is 3.69. The summed E-state index contributed by atoms with van der Waals surface area (Å²) in [6, 6.07) is 5.02. The van der Waals surface area contributed by atoms with Gasteiger partial charge < -0.3 is 4.74 Å². The molecular formula is C14H19F3O2S. The summed E-state index contributed by atoms with van der Waals surface area (Å²) in [4.78, 5) is 12.6. The smallest absolute Gasteiger partial charge is 0.416 e. The summed E-state index contributed by atoms with van der Waals surface area (Å²) in [5, 5.41) is -0.362. The molecule has 0 saturated heterocycles. The van der Waals surface area contributed by atoms with Crippen LogP contribution >= 0.6 is 10.0 Å². The van der Waals surface area contributed by atoms with Gasteiger partial charge in [0.25, 0.3) is 0 Å². The Hall–Kier alpha value is -1.17. The van der Waals surface area contributed by atoms with E-state index in [1.165, 1.54) is 12.1 Å². The molecule has 20 heavy (non-hydrogen) atoms. The maximum atomic E-state index is 12.5. The molecule has 0 spiro atoms. The van der Waals surface area contributed by atoms with Gasteiger partial charge in [0.1, 0.15) is 0 Å². The number of rotatable bonds is 4. The third-order valence-corrected chi connectivity index (χ3v) is 6.74. The van der Waals surface area contributed by atoms with E-state index in [4.69, 9.17) is 4.74 Å². The molecule has 114 valence electrons. The van der Waals surface area contributed by atoms with Crippen molar-refractivity contribution < 1.29 is 22.7 Å². The molecule has 0 aliphatic rings. The molecule has 0 bridgehead atoms. The predicted molar refractivity (Wildman–Crippen MR) is 75.2 cm³/mol. The highest BCUT2D eigenvalue weighted by Crippen LogP contribution is 2.54. The van der Waals surface area contributed by atoms with Gasteiger partial charge in [0.2, 0.25) is 0 Å². The number of carbonyl (C=O) groups excluding carboxylic acids is 1. The van der Waals surface area contributed by atoms with E-state index in [9.17, 15) is 18.0 Å². The topological polar surface area (TPSA) is 26.3 Å². The molecule has 0 N–H and O–H groups in total. The van der Waals surface area contributed by atoms with Crippen molar-refractivity contribution in [3.05, 3.63) is 29.8 Å². The standard InChI is InChI=1S/C14H19F3O2S/c1-5-19-13(18)10(2)20(3,4)12-8-6-11(7-9-12)14(15,16)17/h6-10H,5H2,1-4H3/t10-/m1/s1. The molecule has 2 nitrogen and oxygen atoms in total. The highest BCUT2D eigenvalue weighted by atomic mass is 32.3. The second-order valence-corrected chi connectivity index (χ2v) is 8.81. The molecule has 1 atom stereocenters. The van der Waals surface area contributed by atoms with Crippen LogP contribution in [0.1, 0.15) is 19.4 Å². The number of ether oxygens (including phenoxy) is 1. The molecule has 1 rings (SSSR count). The Balaban J connectivity index is 3.01. The minimum Gasteiger partial charge on any atom is -0.465 e. The van der Waals surface area contributed by atoms with Crippen molar-refractivity contribution in [2.45, 2.75) is 30.2 Å². The Morgan fingerprint density at radius 2 is 1.75 bits per heavy atom. The summed E-state index contributed by atoms with van der Waals surface area (Å²) in [5.74, 6) is -0.313. The van der Waals surface area contributed by atoms with E-state index in [1.54, 1.807) is 13.8 Å². The molecule has 0 amide bonds. The van der Waals surface area contributed by atoms with Crippen molar-refractivity contribution >= 4 is 16.0 Å². The van der Waals surface area contributed by atoms with Crippen LogP contribution in [-0.2, 0) is 15.7 Å². The van der Waals surface area contributed by atoms with Gasteiger partial charge in [-0.3, -0.25) is 4.79 Å². The lowest BCUT2D eigenvalue weighted by Crippen LogP contribution is -2.26. The van der Waals surface area contributed by atoms with E-state index in [0.717, 1.165) is 17.0 Å². The first-order valence-corrected chi connectivity index (χ1v) is 8.68. The molecule has 0 saturated carbocycles. The average Bonchev–Trinajstić information content (AvgIpc) is 2.37. The lowest BCUT2D eigenvalue weighted by Gasteiger charge is -2.36. The van der Waals surface area contributed by atoms with Crippen LogP contribution in [0.2, 0.25) is 0 Å². The van der Waals surface area contributed by atoms with Crippen LogP contribution in [0, 0.1) is 0 Å². The monoisotopic (exact) mass is 308 g/mol. The molecule has 0 aliphatic carbocycles. The van der Waals surface area contributed by atoms with E-state index in [0.29, 0.717) is 6.61 Å². The average molecular weight is 308 g/mol. The van der Waals surface area contributed by atoms with Gasteiger partial charge in [-0.2, -0.15) is 13.2 Å². The fourth-order valence-electron chi connectivity index (χ4n) is 1.70. The van der Waals surface area contributed by atoms with Crippen molar-refractivity contribution in [3.63, 3.8) is 0 Å². The molecule has 1 aromatic carbocycles. The fraction of sp³-hybridized carbons (Fsp3) is 0.500. The van der Waals surface area contributed by atoms with E-state index in [-0.39, 0.29) is 11.2 Å². The molecule has 0 radical (unpaired) electrons. The minimum absolute atomic E-state index is 0.297. The zero-order chi connectivity index (χ0) is 15.6. The second-order valence-electron chi connectivity index (χ2n) is 4.82. The first kappa shape index (κ1) is 16.9. The number of carbonyl (C=O) groups is 1. The highest BCUT2D eigenvalue weighted by molar-refractivity contribution is 8.33. The Kier molecular flexibility index (Phi) is 5.13. The zero-order valence-corrected chi connectivity index (χ0v) is 12.8. The normalized spacial score (nSPS) is 14.8. The number of esters is 1. The predicted octanol–water partition coefficient (Wildman–Crippen LogP) is 4.08.